The van der Waals surface area contributed by atoms with Gasteiger partial charge in [0.1, 0.15) is 11.5 Å². The predicted octanol–water partition coefficient (Wildman–Crippen LogP) is 4.33. The van der Waals surface area contributed by atoms with Gasteiger partial charge in [0, 0.05) is 36.4 Å². The maximum atomic E-state index is 13.0. The molecule has 2 aromatic carbocycles. The van der Waals surface area contributed by atoms with E-state index >= 15 is 0 Å². The summed E-state index contributed by atoms with van der Waals surface area (Å²) in [5.41, 5.74) is 2.00. The van der Waals surface area contributed by atoms with E-state index in [4.69, 9.17) is 21.1 Å². The third kappa shape index (κ3) is 4.32. The quantitative estimate of drug-likeness (QED) is 0.617. The van der Waals surface area contributed by atoms with Crippen molar-refractivity contribution in [3.63, 3.8) is 0 Å². The van der Waals surface area contributed by atoms with Crippen molar-refractivity contribution >= 4 is 40.0 Å². The molecule has 1 fully saturated rings. The van der Waals surface area contributed by atoms with Crippen molar-refractivity contribution in [1.29, 1.82) is 0 Å². The van der Waals surface area contributed by atoms with Crippen LogP contribution in [0.5, 0.6) is 11.5 Å². The molecule has 2 N–H and O–H groups in total. The Labute approximate surface area is 185 Å². The van der Waals surface area contributed by atoms with Crippen molar-refractivity contribution in [3.05, 3.63) is 53.2 Å². The van der Waals surface area contributed by atoms with Crippen LogP contribution in [0.4, 0.5) is 5.69 Å². The van der Waals surface area contributed by atoms with Gasteiger partial charge in [-0.15, -0.1) is 0 Å². The fraction of sp³-hybridized carbons (Fsp3) is 0.304. The number of aromatic nitrogens is 1. The SMILES string of the molecule is COc1cc(OC)c(NC(=O)[C@@H]2CCCN(C(=O)c3ccc4cc[nH]c4c3)C2)cc1Cl. The van der Waals surface area contributed by atoms with Gasteiger partial charge >= 0.3 is 0 Å². The molecule has 1 aliphatic rings. The van der Waals surface area contributed by atoms with Gasteiger partial charge < -0.3 is 24.7 Å². The molecule has 2 heterocycles. The van der Waals surface area contributed by atoms with Crippen LogP contribution in [0.15, 0.2) is 42.6 Å². The van der Waals surface area contributed by atoms with E-state index in [0.29, 0.717) is 47.3 Å². The van der Waals surface area contributed by atoms with Gasteiger partial charge in [-0.25, -0.2) is 0 Å². The number of likely N-dealkylation sites (tertiary alicyclic amines) is 1. The lowest BCUT2D eigenvalue weighted by Gasteiger charge is -2.32. The van der Waals surface area contributed by atoms with Crippen LogP contribution in [-0.4, -0.2) is 49.0 Å². The topological polar surface area (TPSA) is 83.7 Å². The molecule has 1 aromatic heterocycles. The van der Waals surface area contributed by atoms with E-state index in [1.165, 1.54) is 14.2 Å². The van der Waals surface area contributed by atoms with Gasteiger partial charge in [0.25, 0.3) is 5.91 Å². The molecule has 31 heavy (non-hydrogen) atoms. The zero-order valence-electron chi connectivity index (χ0n) is 17.4. The maximum absolute atomic E-state index is 13.0. The van der Waals surface area contributed by atoms with Gasteiger partial charge in [-0.3, -0.25) is 9.59 Å². The Morgan fingerprint density at radius 3 is 2.71 bits per heavy atom. The Balaban J connectivity index is 1.47. The molecule has 1 atom stereocenters. The minimum Gasteiger partial charge on any atom is -0.495 e. The summed E-state index contributed by atoms with van der Waals surface area (Å²) in [7, 11) is 3.03. The number of benzene rings is 2. The Kier molecular flexibility index (Phi) is 6.04. The zero-order valence-corrected chi connectivity index (χ0v) is 18.2. The van der Waals surface area contributed by atoms with Crippen molar-refractivity contribution in [3.8, 4) is 11.5 Å². The van der Waals surface area contributed by atoms with Gasteiger partial charge in [-0.1, -0.05) is 17.7 Å². The van der Waals surface area contributed by atoms with Crippen LogP contribution in [-0.2, 0) is 4.79 Å². The van der Waals surface area contributed by atoms with Crippen molar-refractivity contribution < 1.29 is 19.1 Å². The van der Waals surface area contributed by atoms with Crippen LogP contribution in [0.1, 0.15) is 23.2 Å². The van der Waals surface area contributed by atoms with E-state index < -0.39 is 0 Å². The van der Waals surface area contributed by atoms with E-state index in [-0.39, 0.29) is 17.7 Å². The lowest BCUT2D eigenvalue weighted by molar-refractivity contribution is -0.121. The molecule has 0 aliphatic carbocycles. The third-order valence-corrected chi connectivity index (χ3v) is 5.91. The lowest BCUT2D eigenvalue weighted by Crippen LogP contribution is -2.43. The number of anilines is 1. The summed E-state index contributed by atoms with van der Waals surface area (Å²) >= 11 is 6.21. The van der Waals surface area contributed by atoms with Crippen molar-refractivity contribution in [2.45, 2.75) is 12.8 Å². The standard InChI is InChI=1S/C23H24ClN3O4/c1-30-20-12-21(31-2)19(11-17(20)24)26-22(28)16-4-3-9-27(13-16)23(29)15-6-5-14-7-8-25-18(14)10-15/h5-8,10-12,16,25H,3-4,9,13H2,1-2H3,(H,26,28)/t16-/m1/s1. The molecule has 162 valence electrons. The molecule has 0 bridgehead atoms. The number of methoxy groups -OCH3 is 2. The van der Waals surface area contributed by atoms with Crippen molar-refractivity contribution in [2.75, 3.05) is 32.6 Å². The molecular weight excluding hydrogens is 418 g/mol. The largest absolute Gasteiger partial charge is 0.495 e. The summed E-state index contributed by atoms with van der Waals surface area (Å²) in [6.45, 7) is 0.989. The number of carbonyl (C=O) groups is 2. The Bertz CT molecular complexity index is 1130. The van der Waals surface area contributed by atoms with E-state index in [0.717, 1.165) is 17.3 Å². The summed E-state index contributed by atoms with van der Waals surface area (Å²) in [6, 6.07) is 10.8. The number of H-pyrrole nitrogens is 1. The van der Waals surface area contributed by atoms with E-state index in [1.807, 2.05) is 30.5 Å². The fourth-order valence-electron chi connectivity index (χ4n) is 3.93. The third-order valence-electron chi connectivity index (χ3n) is 5.61. The molecule has 1 saturated heterocycles. The molecule has 1 aliphatic heterocycles. The smallest absolute Gasteiger partial charge is 0.253 e. The van der Waals surface area contributed by atoms with E-state index in [9.17, 15) is 9.59 Å². The maximum Gasteiger partial charge on any atom is 0.253 e. The monoisotopic (exact) mass is 441 g/mol. The number of hydrogen-bond donors (Lipinski definition) is 2. The molecule has 7 nitrogen and oxygen atoms in total. The highest BCUT2D eigenvalue weighted by molar-refractivity contribution is 6.32. The number of ether oxygens (including phenoxy) is 2. The highest BCUT2D eigenvalue weighted by Gasteiger charge is 2.29. The molecule has 0 radical (unpaired) electrons. The molecule has 0 unspecified atom stereocenters. The second-order valence-electron chi connectivity index (χ2n) is 7.55. The van der Waals surface area contributed by atoms with Gasteiger partial charge in [0.15, 0.2) is 0 Å². The first-order valence-corrected chi connectivity index (χ1v) is 10.5. The van der Waals surface area contributed by atoms with Gasteiger partial charge in [0.05, 0.1) is 30.8 Å². The first-order valence-electron chi connectivity index (χ1n) is 10.1. The highest BCUT2D eigenvalue weighted by atomic mass is 35.5. The average molecular weight is 442 g/mol. The minimum atomic E-state index is -0.322. The van der Waals surface area contributed by atoms with Crippen LogP contribution in [0.25, 0.3) is 10.9 Å². The number of aromatic amines is 1. The van der Waals surface area contributed by atoms with Crippen molar-refractivity contribution in [1.82, 2.24) is 9.88 Å². The number of rotatable bonds is 5. The van der Waals surface area contributed by atoms with Crippen LogP contribution >= 0.6 is 11.6 Å². The Morgan fingerprint density at radius 1 is 1.13 bits per heavy atom. The van der Waals surface area contributed by atoms with Crippen LogP contribution in [0, 0.1) is 5.92 Å². The highest BCUT2D eigenvalue weighted by Crippen LogP contribution is 2.36. The predicted molar refractivity (Wildman–Crippen MR) is 120 cm³/mol. The summed E-state index contributed by atoms with van der Waals surface area (Å²) in [4.78, 5) is 30.9. The number of nitrogens with zero attached hydrogens (tertiary/aromatic N) is 1. The Morgan fingerprint density at radius 2 is 1.94 bits per heavy atom. The molecule has 4 rings (SSSR count). The zero-order chi connectivity index (χ0) is 22.0. The van der Waals surface area contributed by atoms with Crippen molar-refractivity contribution in [2.24, 2.45) is 5.92 Å². The average Bonchev–Trinajstić information content (AvgIpc) is 3.27. The number of halogens is 1. The summed E-state index contributed by atoms with van der Waals surface area (Å²) < 4.78 is 10.6. The van der Waals surface area contributed by atoms with Crippen LogP contribution < -0.4 is 14.8 Å². The minimum absolute atomic E-state index is 0.0703. The van der Waals surface area contributed by atoms with E-state index in [1.54, 1.807) is 17.0 Å². The number of fused-ring (bicyclic) bond motifs is 1. The number of hydrogen-bond acceptors (Lipinski definition) is 4. The fourth-order valence-corrected chi connectivity index (χ4v) is 4.17. The normalized spacial score (nSPS) is 16.2. The van der Waals surface area contributed by atoms with Gasteiger partial charge in [-0.2, -0.15) is 0 Å². The second kappa shape index (κ2) is 8.89. The van der Waals surface area contributed by atoms with Crippen LogP contribution in [0.3, 0.4) is 0 Å². The summed E-state index contributed by atoms with van der Waals surface area (Å²) in [6.07, 6.45) is 3.31. The molecule has 0 saturated carbocycles. The van der Waals surface area contributed by atoms with Gasteiger partial charge in [-0.05, 0) is 42.5 Å². The summed E-state index contributed by atoms with van der Waals surface area (Å²) in [5, 5.41) is 4.33. The number of piperidine rings is 1. The van der Waals surface area contributed by atoms with Crippen LogP contribution in [0.2, 0.25) is 5.02 Å². The van der Waals surface area contributed by atoms with E-state index in [2.05, 4.69) is 10.3 Å². The lowest BCUT2D eigenvalue weighted by atomic mass is 9.96. The first-order chi connectivity index (χ1) is 15.0. The second-order valence-corrected chi connectivity index (χ2v) is 7.95. The summed E-state index contributed by atoms with van der Waals surface area (Å²) in [5.74, 6) is 0.357. The molecule has 8 heteroatoms. The Hall–Kier alpha value is -3.19. The molecule has 0 spiro atoms. The number of nitrogens with one attached hydrogen (secondary N) is 2. The molecule has 3 aromatic rings. The van der Waals surface area contributed by atoms with Gasteiger partial charge in [0.2, 0.25) is 5.91 Å². The number of amides is 2. The molecule has 2 amide bonds. The number of carbonyl (C=O) groups excluding carboxylic acids is 2. The first kappa shape index (κ1) is 21.1. The molecular formula is C23H24ClN3O4.